The van der Waals surface area contributed by atoms with Gasteiger partial charge in [-0.2, -0.15) is 0 Å². The molecule has 2 aromatic carbocycles. The Labute approximate surface area is 164 Å². The summed E-state index contributed by atoms with van der Waals surface area (Å²) < 4.78 is 4.86. The van der Waals surface area contributed by atoms with Crippen molar-refractivity contribution in [2.24, 2.45) is 0 Å². The van der Waals surface area contributed by atoms with Crippen molar-refractivity contribution in [3.05, 3.63) is 69.2 Å². The molecule has 0 bridgehead atoms. The molecule has 146 valence electrons. The average molecular weight is 406 g/mol. The second-order valence-electron chi connectivity index (χ2n) is 5.64. The number of esters is 1. The van der Waals surface area contributed by atoms with E-state index in [0.29, 0.717) is 10.7 Å². The van der Waals surface area contributed by atoms with Gasteiger partial charge in [-0.3, -0.25) is 19.7 Å². The molecule has 9 nitrogen and oxygen atoms in total. The largest absolute Gasteiger partial charge is 0.454 e. The molecule has 0 spiro atoms. The number of halogens is 1. The number of anilines is 1. The van der Waals surface area contributed by atoms with Gasteiger partial charge in [-0.25, -0.2) is 4.79 Å². The summed E-state index contributed by atoms with van der Waals surface area (Å²) in [6, 6.07) is 10.5. The molecule has 1 unspecified atom stereocenters. The third-order valence-corrected chi connectivity index (χ3v) is 3.84. The number of non-ortho nitro benzene ring substituents is 1. The summed E-state index contributed by atoms with van der Waals surface area (Å²) in [4.78, 5) is 46.0. The maximum atomic E-state index is 12.1. The average Bonchev–Trinajstić information content (AvgIpc) is 2.67. The van der Waals surface area contributed by atoms with E-state index in [2.05, 4.69) is 10.6 Å². The molecule has 28 heavy (non-hydrogen) atoms. The lowest BCUT2D eigenvalue weighted by Crippen LogP contribution is -2.40. The minimum Gasteiger partial charge on any atom is -0.454 e. The van der Waals surface area contributed by atoms with Crippen molar-refractivity contribution in [3.8, 4) is 0 Å². The normalized spacial score (nSPS) is 11.2. The van der Waals surface area contributed by atoms with Crippen molar-refractivity contribution in [2.75, 3.05) is 11.9 Å². The Morgan fingerprint density at radius 3 is 2.57 bits per heavy atom. The molecule has 0 fully saturated rings. The van der Waals surface area contributed by atoms with Crippen LogP contribution in [0.2, 0.25) is 5.02 Å². The SMILES string of the molecule is CC(NC(=O)c1cccc([N+](=O)[O-])c1)C(=O)OCC(=O)Nc1ccccc1Cl. The zero-order valence-corrected chi connectivity index (χ0v) is 15.4. The zero-order valence-electron chi connectivity index (χ0n) is 14.7. The molecule has 0 heterocycles. The molecule has 2 rings (SSSR count). The fourth-order valence-corrected chi connectivity index (χ4v) is 2.29. The number of rotatable bonds is 7. The lowest BCUT2D eigenvalue weighted by Gasteiger charge is -2.13. The summed E-state index contributed by atoms with van der Waals surface area (Å²) >= 11 is 5.92. The second kappa shape index (κ2) is 9.47. The quantitative estimate of drug-likeness (QED) is 0.414. The molecule has 0 aliphatic rings. The fraction of sp³-hybridized carbons (Fsp3) is 0.167. The summed E-state index contributed by atoms with van der Waals surface area (Å²) in [5, 5.41) is 15.9. The van der Waals surface area contributed by atoms with Crippen molar-refractivity contribution in [2.45, 2.75) is 13.0 Å². The van der Waals surface area contributed by atoms with E-state index in [4.69, 9.17) is 16.3 Å². The molecule has 2 aromatic rings. The van der Waals surface area contributed by atoms with E-state index in [-0.39, 0.29) is 11.3 Å². The molecule has 0 saturated carbocycles. The number of benzene rings is 2. The Morgan fingerprint density at radius 1 is 1.18 bits per heavy atom. The number of nitro benzene ring substituents is 1. The van der Waals surface area contributed by atoms with Crippen LogP contribution in [0.25, 0.3) is 0 Å². The number of nitrogens with zero attached hydrogens (tertiary/aromatic N) is 1. The first-order valence-electron chi connectivity index (χ1n) is 8.04. The van der Waals surface area contributed by atoms with Crippen molar-refractivity contribution in [3.63, 3.8) is 0 Å². The standard InChI is InChI=1S/C18H16ClN3O6/c1-11(20-17(24)12-5-4-6-13(9-12)22(26)27)18(25)28-10-16(23)21-15-8-3-2-7-14(15)19/h2-9,11H,10H2,1H3,(H,20,24)(H,21,23). The van der Waals surface area contributed by atoms with Crippen molar-refractivity contribution in [1.82, 2.24) is 5.32 Å². The predicted octanol–water partition coefficient (Wildman–Crippen LogP) is 2.55. The number of nitro groups is 1. The third-order valence-electron chi connectivity index (χ3n) is 3.51. The number of hydrogen-bond acceptors (Lipinski definition) is 6. The molecule has 0 aliphatic heterocycles. The van der Waals surface area contributed by atoms with Crippen LogP contribution < -0.4 is 10.6 Å². The third kappa shape index (κ3) is 5.78. The summed E-state index contributed by atoms with van der Waals surface area (Å²) in [5.41, 5.74) is 0.140. The van der Waals surface area contributed by atoms with E-state index in [9.17, 15) is 24.5 Å². The lowest BCUT2D eigenvalue weighted by molar-refractivity contribution is -0.384. The number of para-hydroxylation sites is 1. The Morgan fingerprint density at radius 2 is 1.89 bits per heavy atom. The highest BCUT2D eigenvalue weighted by Gasteiger charge is 2.20. The summed E-state index contributed by atoms with van der Waals surface area (Å²) in [6.07, 6.45) is 0. The molecular weight excluding hydrogens is 390 g/mol. The first kappa shape index (κ1) is 20.8. The van der Waals surface area contributed by atoms with Gasteiger partial charge >= 0.3 is 5.97 Å². The van der Waals surface area contributed by atoms with Gasteiger partial charge in [0.05, 0.1) is 15.6 Å². The molecular formula is C18H16ClN3O6. The van der Waals surface area contributed by atoms with E-state index in [1.807, 2.05) is 0 Å². The Bertz CT molecular complexity index is 918. The van der Waals surface area contributed by atoms with Crippen LogP contribution in [0.1, 0.15) is 17.3 Å². The molecule has 1 atom stereocenters. The lowest BCUT2D eigenvalue weighted by atomic mass is 10.2. The highest BCUT2D eigenvalue weighted by Crippen LogP contribution is 2.20. The topological polar surface area (TPSA) is 128 Å². The highest BCUT2D eigenvalue weighted by atomic mass is 35.5. The van der Waals surface area contributed by atoms with E-state index < -0.39 is 35.4 Å². The summed E-state index contributed by atoms with van der Waals surface area (Å²) in [6.45, 7) is 0.796. The number of carbonyl (C=O) groups excluding carboxylic acids is 3. The van der Waals surface area contributed by atoms with E-state index in [0.717, 1.165) is 6.07 Å². The van der Waals surface area contributed by atoms with Crippen LogP contribution in [0.15, 0.2) is 48.5 Å². The highest BCUT2D eigenvalue weighted by molar-refractivity contribution is 6.33. The smallest absolute Gasteiger partial charge is 0.328 e. The molecule has 10 heteroatoms. The van der Waals surface area contributed by atoms with Gasteiger partial charge in [0.1, 0.15) is 6.04 Å². The number of carbonyl (C=O) groups is 3. The molecule has 2 N–H and O–H groups in total. The molecule has 0 saturated heterocycles. The van der Waals surface area contributed by atoms with Crippen LogP contribution in [0.5, 0.6) is 0 Å². The molecule has 0 aliphatic carbocycles. The molecule has 0 radical (unpaired) electrons. The maximum Gasteiger partial charge on any atom is 0.328 e. The van der Waals surface area contributed by atoms with Crippen LogP contribution >= 0.6 is 11.6 Å². The monoisotopic (exact) mass is 405 g/mol. The van der Waals surface area contributed by atoms with Crippen LogP contribution in [0.4, 0.5) is 11.4 Å². The van der Waals surface area contributed by atoms with Crippen LogP contribution in [-0.2, 0) is 14.3 Å². The first-order chi connectivity index (χ1) is 13.3. The van der Waals surface area contributed by atoms with Gasteiger partial charge in [-0.05, 0) is 25.1 Å². The van der Waals surface area contributed by atoms with Crippen LogP contribution in [-0.4, -0.2) is 35.4 Å². The minimum absolute atomic E-state index is 0.0188. The maximum absolute atomic E-state index is 12.1. The van der Waals surface area contributed by atoms with Gasteiger partial charge in [0, 0.05) is 17.7 Å². The Kier molecular flexibility index (Phi) is 7.05. The number of nitrogens with one attached hydrogen (secondary N) is 2. The molecule has 0 aromatic heterocycles. The Balaban J connectivity index is 1.86. The van der Waals surface area contributed by atoms with Crippen LogP contribution in [0.3, 0.4) is 0 Å². The van der Waals surface area contributed by atoms with Gasteiger partial charge in [0.15, 0.2) is 6.61 Å². The number of amides is 2. The number of ether oxygens (including phenoxy) is 1. The van der Waals surface area contributed by atoms with Gasteiger partial charge in [0.25, 0.3) is 17.5 Å². The van der Waals surface area contributed by atoms with Gasteiger partial charge in [-0.15, -0.1) is 0 Å². The van der Waals surface area contributed by atoms with Crippen molar-refractivity contribution in [1.29, 1.82) is 0 Å². The van der Waals surface area contributed by atoms with Crippen molar-refractivity contribution < 1.29 is 24.0 Å². The van der Waals surface area contributed by atoms with E-state index in [1.54, 1.807) is 24.3 Å². The second-order valence-corrected chi connectivity index (χ2v) is 6.05. The first-order valence-corrected chi connectivity index (χ1v) is 8.42. The Hall–Kier alpha value is -3.46. The van der Waals surface area contributed by atoms with Gasteiger partial charge < -0.3 is 15.4 Å². The summed E-state index contributed by atoms with van der Waals surface area (Å²) in [7, 11) is 0. The summed E-state index contributed by atoms with van der Waals surface area (Å²) in [5.74, 6) is -2.12. The molecule has 2 amide bonds. The van der Waals surface area contributed by atoms with Crippen LogP contribution in [0, 0.1) is 10.1 Å². The fourth-order valence-electron chi connectivity index (χ4n) is 2.11. The van der Waals surface area contributed by atoms with Gasteiger partial charge in [-0.1, -0.05) is 29.8 Å². The van der Waals surface area contributed by atoms with E-state index in [1.165, 1.54) is 25.1 Å². The minimum atomic E-state index is -1.07. The van der Waals surface area contributed by atoms with Crippen molar-refractivity contribution >= 4 is 40.8 Å². The predicted molar refractivity (Wildman–Crippen MR) is 101 cm³/mol. The number of hydrogen-bond donors (Lipinski definition) is 2. The zero-order chi connectivity index (χ0) is 20.7. The van der Waals surface area contributed by atoms with Gasteiger partial charge in [0.2, 0.25) is 0 Å². The van der Waals surface area contributed by atoms with E-state index >= 15 is 0 Å².